The predicted octanol–water partition coefficient (Wildman–Crippen LogP) is -0.791. The summed E-state index contributed by atoms with van der Waals surface area (Å²) < 4.78 is 98.7. The molecule has 0 spiro atoms. The van der Waals surface area contributed by atoms with Crippen LogP contribution in [-0.2, 0) is 57.8 Å². The number of ether oxygens (including phenoxy) is 3. The number of hydrogen-bond donors (Lipinski definition) is 1. The van der Waals surface area contributed by atoms with Crippen LogP contribution in [0.25, 0.3) is 0 Å². The summed E-state index contributed by atoms with van der Waals surface area (Å²) in [7, 11) is -10.6. The van der Waals surface area contributed by atoms with Crippen molar-refractivity contribution in [2.45, 2.75) is 170 Å². The van der Waals surface area contributed by atoms with E-state index in [1.807, 2.05) is 48.5 Å². The monoisotopic (exact) mass is 882 g/mol. The van der Waals surface area contributed by atoms with Crippen LogP contribution in [0.3, 0.4) is 0 Å². The van der Waals surface area contributed by atoms with Gasteiger partial charge in [0.25, 0.3) is 0 Å². The van der Waals surface area contributed by atoms with E-state index < -0.39 is 104 Å². The van der Waals surface area contributed by atoms with E-state index in [0.717, 1.165) is 0 Å². The fraction of sp³-hybridized carbons (Fsp3) is 0.923. The molecule has 0 amide bonds. The molecule has 19 heteroatoms. The van der Waals surface area contributed by atoms with Gasteiger partial charge in [0.05, 0.1) is 6.10 Å². The topological polar surface area (TPSA) is 232 Å². The Morgan fingerprint density at radius 3 is 1.83 bits per heavy atom. The number of esters is 3. The number of rotatable bonds is 17. The van der Waals surface area contributed by atoms with E-state index in [1.54, 1.807) is 0 Å². The molecule has 4 saturated carbocycles. The molecule has 1 N–H and O–H groups in total. The van der Waals surface area contributed by atoms with Crippen LogP contribution in [0.15, 0.2) is 0 Å². The van der Waals surface area contributed by atoms with Crippen LogP contribution < -0.4 is 59.1 Å². The van der Waals surface area contributed by atoms with Crippen molar-refractivity contribution in [1.29, 1.82) is 0 Å². The Bertz CT molecular complexity index is 1630. The van der Waals surface area contributed by atoms with Gasteiger partial charge >= 0.3 is 77.0 Å². The van der Waals surface area contributed by atoms with Gasteiger partial charge in [0.2, 0.25) is 20.8 Å². The largest absolute Gasteiger partial charge is 1.00 e. The third kappa shape index (κ3) is 12.2. The molecule has 0 aromatic heterocycles. The summed E-state index contributed by atoms with van der Waals surface area (Å²) in [5, 5.41) is 12.5. The number of fused-ring (bicyclic) bond motifs is 5. The summed E-state index contributed by atoms with van der Waals surface area (Å²) in [4.78, 5) is 39.3. The zero-order valence-corrected chi connectivity index (χ0v) is 42.0. The summed E-state index contributed by atoms with van der Waals surface area (Å²) in [6, 6.07) is 0. The second-order valence-corrected chi connectivity index (χ2v) is 19.8. The van der Waals surface area contributed by atoms with Crippen molar-refractivity contribution in [3.63, 3.8) is 0 Å². The molecule has 58 heavy (non-hydrogen) atoms. The zero-order chi connectivity index (χ0) is 42.1. The molecule has 0 aliphatic heterocycles. The van der Waals surface area contributed by atoms with Gasteiger partial charge in [-0.2, -0.15) is 0 Å². The van der Waals surface area contributed by atoms with Crippen LogP contribution in [0.5, 0.6) is 0 Å². The fourth-order valence-electron chi connectivity index (χ4n) is 12.1. The molecule has 15 nitrogen and oxygen atoms in total. The van der Waals surface area contributed by atoms with Gasteiger partial charge in [-0.3, -0.25) is 22.7 Å². The number of hydrogen-bond acceptors (Lipinski definition) is 15. The normalized spacial score (nSPS) is 35.4. The second kappa shape index (κ2) is 21.7. The molecule has 15 atom stereocenters. The molecule has 324 valence electrons. The predicted molar refractivity (Wildman–Crippen MR) is 199 cm³/mol. The molecule has 0 bridgehead atoms. The Labute approximate surface area is 390 Å². The maximum absolute atomic E-state index is 13.4. The summed E-state index contributed by atoms with van der Waals surface area (Å²) in [5.74, 6) is -3.72. The van der Waals surface area contributed by atoms with Crippen LogP contribution in [0, 0.1) is 58.2 Å². The minimum absolute atomic E-state index is 0. The van der Waals surface area contributed by atoms with Gasteiger partial charge < -0.3 is 28.4 Å². The van der Waals surface area contributed by atoms with E-state index in [2.05, 4.69) is 6.92 Å². The molecule has 4 fully saturated rings. The third-order valence-corrected chi connectivity index (χ3v) is 15.1. The molecule has 4 unspecified atom stereocenters. The van der Waals surface area contributed by atoms with Gasteiger partial charge in [-0.05, 0) is 92.3 Å². The van der Waals surface area contributed by atoms with Crippen molar-refractivity contribution < 1.29 is 127 Å². The van der Waals surface area contributed by atoms with Gasteiger partial charge in [-0.25, -0.2) is 16.8 Å². The first-order valence-corrected chi connectivity index (χ1v) is 23.1. The Balaban J connectivity index is 0.00000580. The minimum atomic E-state index is -5.31. The summed E-state index contributed by atoms with van der Waals surface area (Å²) in [5.41, 5.74) is -1.41. The Morgan fingerprint density at radius 2 is 1.34 bits per heavy atom. The maximum atomic E-state index is 13.4. The summed E-state index contributed by atoms with van der Waals surface area (Å²) in [6.45, 7) is 17.0. The molecular formula is C39H64Na2O15S2. The molecule has 4 aliphatic carbocycles. The number of aliphatic hydroxyl groups is 1. The van der Waals surface area contributed by atoms with E-state index in [1.165, 1.54) is 6.92 Å². The van der Waals surface area contributed by atoms with Crippen LogP contribution in [0.2, 0.25) is 0 Å². The van der Waals surface area contributed by atoms with Crippen LogP contribution in [-0.4, -0.2) is 85.6 Å². The Hall–Kier alpha value is 0.110. The Morgan fingerprint density at radius 1 is 0.810 bits per heavy atom. The number of carbonyl (C=O) groups is 3. The fourth-order valence-corrected chi connectivity index (χ4v) is 13.1. The van der Waals surface area contributed by atoms with E-state index in [-0.39, 0.29) is 114 Å². The maximum Gasteiger partial charge on any atom is 1.00 e. The molecule has 0 aromatic carbocycles. The first kappa shape index (κ1) is 54.2. The van der Waals surface area contributed by atoms with Crippen molar-refractivity contribution in [2.75, 3.05) is 0 Å². The molecule has 4 aliphatic rings. The SMILES string of the molecule is CCCC(=O)OC(C(CC)C(C)C)C(OC(=O)CCC)[C@@H](C)[C@H]1[C@@H](O)[C@H](OC(C)=O)[C@H]2[C@@H]3CCC4C[C@H](OS(=O)(=O)[O-])[C@@H](OS(=O)(=O)[O-])C[C@]4(C)[C@H]3CC[C@@]21C.[Na+].[Na+]. The number of aliphatic hydroxyl groups excluding tert-OH is 1. The van der Waals surface area contributed by atoms with Crippen molar-refractivity contribution in [2.24, 2.45) is 58.2 Å². The summed E-state index contributed by atoms with van der Waals surface area (Å²) >= 11 is 0. The van der Waals surface area contributed by atoms with Crippen LogP contribution in [0.4, 0.5) is 0 Å². The molecule has 0 heterocycles. The smallest absolute Gasteiger partial charge is 0.726 e. The first-order chi connectivity index (χ1) is 25.9. The Kier molecular flexibility index (Phi) is 20.3. The van der Waals surface area contributed by atoms with Gasteiger partial charge in [0.1, 0.15) is 30.5 Å². The zero-order valence-electron chi connectivity index (χ0n) is 36.3. The van der Waals surface area contributed by atoms with Gasteiger partial charge in [0, 0.05) is 43.4 Å². The van der Waals surface area contributed by atoms with Gasteiger partial charge in [-0.15, -0.1) is 0 Å². The average Bonchev–Trinajstić information content (AvgIpc) is 3.27. The van der Waals surface area contributed by atoms with Gasteiger partial charge in [-0.1, -0.05) is 55.4 Å². The van der Waals surface area contributed by atoms with Crippen molar-refractivity contribution in [3.05, 3.63) is 0 Å². The van der Waals surface area contributed by atoms with Crippen molar-refractivity contribution >= 4 is 38.7 Å². The molecular weight excluding hydrogens is 819 g/mol. The van der Waals surface area contributed by atoms with Crippen LogP contribution in [0.1, 0.15) is 133 Å². The van der Waals surface area contributed by atoms with Crippen molar-refractivity contribution in [3.8, 4) is 0 Å². The first-order valence-electron chi connectivity index (χ1n) is 20.4. The van der Waals surface area contributed by atoms with Gasteiger partial charge in [0.15, 0.2) is 0 Å². The quantitative estimate of drug-likeness (QED) is 0.0620. The minimum Gasteiger partial charge on any atom is -0.726 e. The van der Waals surface area contributed by atoms with Crippen molar-refractivity contribution in [1.82, 2.24) is 0 Å². The van der Waals surface area contributed by atoms with E-state index >= 15 is 0 Å². The average molecular weight is 883 g/mol. The van der Waals surface area contributed by atoms with E-state index in [0.29, 0.717) is 44.9 Å². The molecule has 0 aromatic rings. The molecule has 4 rings (SSSR count). The van der Waals surface area contributed by atoms with E-state index in [9.17, 15) is 45.4 Å². The molecule has 0 saturated heterocycles. The molecule has 0 radical (unpaired) electrons. The summed E-state index contributed by atoms with van der Waals surface area (Å²) in [6.07, 6.45) is -2.75. The van der Waals surface area contributed by atoms with E-state index in [4.69, 9.17) is 22.6 Å². The standard InChI is InChI=1S/C39H66O15S2.2Na/c1-10-13-30(41)51-35(36(25(12-3)21(4)5)52-31(42)14-11-2)22(6)32-34(43)37(50-23(7)40)33-26-16-15-24-19-28(53-55(44,45)46)29(54-56(47,48)49)20-39(24,9)27(26)17-18-38(32,33)8;;/h21-22,24-29,32-37,43H,10-20H2,1-9H3,(H,44,45,46)(H,47,48,49);;/q;2*+1/p-2/t22-,24?,25?,26+,27-,28-,29-,32-,33+,34+,35?,36?,37+,38+,39-;;/m0../s1. The third-order valence-electron chi connectivity index (χ3n) is 14.1. The number of carbonyl (C=O) groups excluding carboxylic acids is 3. The van der Waals surface area contributed by atoms with Crippen LogP contribution >= 0.6 is 0 Å². The second-order valence-electron chi connectivity index (χ2n) is 17.8.